The number of carbonyl (C=O) groups is 2. The topological polar surface area (TPSA) is 88.1 Å². The third-order valence-corrected chi connectivity index (χ3v) is 4.06. The van der Waals surface area contributed by atoms with Gasteiger partial charge in [0.25, 0.3) is 0 Å². The minimum Gasteiger partial charge on any atom is -0.468 e. The van der Waals surface area contributed by atoms with Crippen molar-refractivity contribution in [1.82, 2.24) is 10.2 Å². The van der Waals surface area contributed by atoms with E-state index in [0.717, 1.165) is 5.56 Å². The molecule has 0 radical (unpaired) electrons. The number of carbonyl (C=O) groups excluding carboxylic acids is 2. The van der Waals surface area contributed by atoms with E-state index < -0.39 is 12.0 Å². The van der Waals surface area contributed by atoms with Crippen LogP contribution in [0.4, 0.5) is 4.79 Å². The van der Waals surface area contributed by atoms with Crippen molar-refractivity contribution in [3.63, 3.8) is 0 Å². The molecule has 24 heavy (non-hydrogen) atoms. The Morgan fingerprint density at radius 2 is 1.96 bits per heavy atom. The van der Waals surface area contributed by atoms with E-state index in [1.165, 1.54) is 7.11 Å². The molecule has 1 unspecified atom stereocenters. The van der Waals surface area contributed by atoms with E-state index in [2.05, 4.69) is 10.1 Å². The zero-order valence-electron chi connectivity index (χ0n) is 13.8. The molecule has 1 aromatic rings. The van der Waals surface area contributed by atoms with Gasteiger partial charge in [0.1, 0.15) is 12.6 Å². The number of methoxy groups -OCH3 is 1. The smallest absolute Gasteiger partial charge is 0.410 e. The van der Waals surface area contributed by atoms with Crippen LogP contribution in [0.5, 0.6) is 0 Å². The summed E-state index contributed by atoms with van der Waals surface area (Å²) in [4.78, 5) is 25.2. The number of nitrogens with one attached hydrogen (secondary N) is 1. The molecule has 0 bridgehead atoms. The van der Waals surface area contributed by atoms with Crippen molar-refractivity contribution in [2.45, 2.75) is 31.5 Å². The lowest BCUT2D eigenvalue weighted by atomic mass is 10.0. The largest absolute Gasteiger partial charge is 0.468 e. The van der Waals surface area contributed by atoms with E-state index in [4.69, 9.17) is 4.74 Å². The Morgan fingerprint density at radius 3 is 2.54 bits per heavy atom. The van der Waals surface area contributed by atoms with Gasteiger partial charge in [-0.05, 0) is 18.4 Å². The monoisotopic (exact) mass is 336 g/mol. The zero-order chi connectivity index (χ0) is 17.4. The maximum Gasteiger partial charge on any atom is 0.410 e. The molecular weight excluding hydrogens is 312 g/mol. The van der Waals surface area contributed by atoms with Crippen LogP contribution in [-0.2, 0) is 20.9 Å². The second-order valence-corrected chi connectivity index (χ2v) is 5.73. The summed E-state index contributed by atoms with van der Waals surface area (Å²) in [6.07, 6.45) is 1.05. The molecule has 1 amide bonds. The fourth-order valence-corrected chi connectivity index (χ4v) is 2.66. The average Bonchev–Trinajstić information content (AvgIpc) is 2.64. The lowest BCUT2D eigenvalue weighted by molar-refractivity contribution is -0.144. The Bertz CT molecular complexity index is 529. The van der Waals surface area contributed by atoms with Crippen LogP contribution in [0.25, 0.3) is 0 Å². The molecule has 1 aliphatic rings. The van der Waals surface area contributed by atoms with Gasteiger partial charge in [0, 0.05) is 19.1 Å². The van der Waals surface area contributed by atoms with Gasteiger partial charge in [-0.2, -0.15) is 0 Å². The van der Waals surface area contributed by atoms with Crippen molar-refractivity contribution in [1.29, 1.82) is 0 Å². The van der Waals surface area contributed by atoms with Gasteiger partial charge in [-0.1, -0.05) is 30.3 Å². The third kappa shape index (κ3) is 5.21. The minimum absolute atomic E-state index is 0.0550. The molecule has 1 saturated heterocycles. The number of aliphatic hydroxyl groups is 1. The van der Waals surface area contributed by atoms with Crippen molar-refractivity contribution in [2.75, 3.05) is 26.8 Å². The standard InChI is InChI=1S/C17H24N2O5/c1-23-16(21)15(11-20)18-14-7-9-19(10-8-14)17(22)24-12-13-5-3-2-4-6-13/h2-6,14-15,18,20H,7-12H2,1H3. The van der Waals surface area contributed by atoms with Gasteiger partial charge in [0.2, 0.25) is 0 Å². The fraction of sp³-hybridized carbons (Fsp3) is 0.529. The van der Waals surface area contributed by atoms with E-state index in [0.29, 0.717) is 25.9 Å². The fourth-order valence-electron chi connectivity index (χ4n) is 2.66. The highest BCUT2D eigenvalue weighted by Gasteiger charge is 2.27. The summed E-state index contributed by atoms with van der Waals surface area (Å²) in [6.45, 7) is 1.04. The normalized spacial score (nSPS) is 16.5. The Balaban J connectivity index is 1.73. The first-order chi connectivity index (χ1) is 11.6. The van der Waals surface area contributed by atoms with Crippen molar-refractivity contribution in [3.8, 4) is 0 Å². The lowest BCUT2D eigenvalue weighted by Gasteiger charge is -2.33. The van der Waals surface area contributed by atoms with Gasteiger partial charge in [0.15, 0.2) is 0 Å². The Kier molecular flexibility index (Phi) is 7.02. The molecule has 7 nitrogen and oxygen atoms in total. The molecule has 1 heterocycles. The minimum atomic E-state index is -0.725. The first-order valence-electron chi connectivity index (χ1n) is 8.04. The number of likely N-dealkylation sites (tertiary alicyclic amines) is 1. The number of hydrogen-bond donors (Lipinski definition) is 2. The summed E-state index contributed by atoms with van der Waals surface area (Å²) in [6, 6.07) is 8.86. The van der Waals surface area contributed by atoms with Crippen molar-refractivity contribution in [3.05, 3.63) is 35.9 Å². The lowest BCUT2D eigenvalue weighted by Crippen LogP contribution is -2.51. The number of aliphatic hydroxyl groups excluding tert-OH is 1. The SMILES string of the molecule is COC(=O)C(CO)NC1CCN(C(=O)OCc2ccccc2)CC1. The van der Waals surface area contributed by atoms with Crippen LogP contribution in [0.1, 0.15) is 18.4 Å². The zero-order valence-corrected chi connectivity index (χ0v) is 13.8. The molecule has 2 rings (SSSR count). The van der Waals surface area contributed by atoms with E-state index in [9.17, 15) is 14.7 Å². The van der Waals surface area contributed by atoms with Crippen molar-refractivity contribution >= 4 is 12.1 Å². The second kappa shape index (κ2) is 9.24. The van der Waals surface area contributed by atoms with E-state index >= 15 is 0 Å². The highest BCUT2D eigenvalue weighted by Crippen LogP contribution is 2.13. The number of piperidine rings is 1. The number of nitrogens with zero attached hydrogens (tertiary/aromatic N) is 1. The highest BCUT2D eigenvalue weighted by atomic mass is 16.6. The van der Waals surface area contributed by atoms with Gasteiger partial charge in [0.05, 0.1) is 13.7 Å². The summed E-state index contributed by atoms with van der Waals surface area (Å²) >= 11 is 0. The predicted octanol–water partition coefficient (Wildman–Crippen LogP) is 0.911. The summed E-state index contributed by atoms with van der Waals surface area (Å²) in [5, 5.41) is 12.3. The molecule has 0 spiro atoms. The maximum atomic E-state index is 12.1. The summed E-state index contributed by atoms with van der Waals surface area (Å²) in [7, 11) is 1.29. The van der Waals surface area contributed by atoms with Gasteiger partial charge < -0.3 is 19.5 Å². The Labute approximate surface area is 141 Å². The molecule has 0 aliphatic carbocycles. The summed E-state index contributed by atoms with van der Waals surface area (Å²) in [5.74, 6) is -0.484. The number of ether oxygens (including phenoxy) is 2. The first kappa shape index (κ1) is 18.2. The number of esters is 1. The van der Waals surface area contributed by atoms with E-state index in [1.54, 1.807) is 4.90 Å². The van der Waals surface area contributed by atoms with Crippen LogP contribution >= 0.6 is 0 Å². The summed E-state index contributed by atoms with van der Waals surface area (Å²) < 4.78 is 9.95. The van der Waals surface area contributed by atoms with Crippen LogP contribution in [-0.4, -0.2) is 61.0 Å². The highest BCUT2D eigenvalue weighted by molar-refractivity contribution is 5.75. The van der Waals surface area contributed by atoms with Crippen LogP contribution in [0, 0.1) is 0 Å². The first-order valence-corrected chi connectivity index (χ1v) is 8.04. The van der Waals surface area contributed by atoms with Crippen LogP contribution in [0.2, 0.25) is 0 Å². The maximum absolute atomic E-state index is 12.1. The van der Waals surface area contributed by atoms with Crippen molar-refractivity contribution in [2.24, 2.45) is 0 Å². The molecular formula is C17H24N2O5. The molecule has 1 atom stereocenters. The Morgan fingerprint density at radius 1 is 1.29 bits per heavy atom. The number of benzene rings is 1. The molecule has 2 N–H and O–H groups in total. The second-order valence-electron chi connectivity index (χ2n) is 5.73. The number of amides is 1. The molecule has 1 fully saturated rings. The molecule has 0 saturated carbocycles. The molecule has 132 valence electrons. The number of rotatable bonds is 6. The van der Waals surface area contributed by atoms with Gasteiger partial charge in [-0.15, -0.1) is 0 Å². The molecule has 1 aromatic carbocycles. The van der Waals surface area contributed by atoms with Crippen LogP contribution in [0.15, 0.2) is 30.3 Å². The van der Waals surface area contributed by atoms with Crippen LogP contribution < -0.4 is 5.32 Å². The van der Waals surface area contributed by atoms with Gasteiger partial charge in [-0.25, -0.2) is 4.79 Å². The average molecular weight is 336 g/mol. The summed E-state index contributed by atoms with van der Waals surface area (Å²) in [5.41, 5.74) is 0.950. The van der Waals surface area contributed by atoms with E-state index in [-0.39, 0.29) is 25.3 Å². The quantitative estimate of drug-likeness (QED) is 0.751. The van der Waals surface area contributed by atoms with Crippen LogP contribution in [0.3, 0.4) is 0 Å². The van der Waals surface area contributed by atoms with Gasteiger partial charge >= 0.3 is 12.1 Å². The van der Waals surface area contributed by atoms with Crippen molar-refractivity contribution < 1.29 is 24.2 Å². The molecule has 0 aromatic heterocycles. The predicted molar refractivity (Wildman–Crippen MR) is 87.2 cm³/mol. The third-order valence-electron chi connectivity index (χ3n) is 4.06. The van der Waals surface area contributed by atoms with E-state index in [1.807, 2.05) is 30.3 Å². The molecule has 7 heteroatoms. The van der Waals surface area contributed by atoms with Gasteiger partial charge in [-0.3, -0.25) is 10.1 Å². The Hall–Kier alpha value is -2.12. The molecule has 1 aliphatic heterocycles. The number of hydrogen-bond acceptors (Lipinski definition) is 6.